The number of benzene rings is 6. The first kappa shape index (κ1) is 66.1. The van der Waals surface area contributed by atoms with Gasteiger partial charge in [-0.2, -0.15) is 0 Å². The Hall–Kier alpha value is -6.30. The van der Waals surface area contributed by atoms with Crippen LogP contribution < -0.4 is 0 Å². The number of hydrogen-bond donors (Lipinski definition) is 3. The monoisotopic (exact) mass is 1210 g/mol. The van der Waals surface area contributed by atoms with E-state index in [1.54, 1.807) is 41.5 Å². The first-order chi connectivity index (χ1) is 42.5. The van der Waals surface area contributed by atoms with E-state index in [9.17, 15) is 24.9 Å². The topological polar surface area (TPSA) is 215 Å². The van der Waals surface area contributed by atoms with Gasteiger partial charge in [-0.15, -0.1) is 0 Å². The first-order valence-electron chi connectivity index (χ1n) is 30.0. The lowest BCUT2D eigenvalue weighted by molar-refractivity contribution is -0.391. The summed E-state index contributed by atoms with van der Waals surface area (Å²) < 4.78 is 88.1. The Morgan fingerprint density at radius 2 is 0.636 bits per heavy atom. The third-order valence-electron chi connectivity index (χ3n) is 15.3. The van der Waals surface area contributed by atoms with Crippen LogP contribution in [0.2, 0.25) is 0 Å². The fourth-order valence-corrected chi connectivity index (χ4v) is 10.4. The molecule has 0 spiro atoms. The summed E-state index contributed by atoms with van der Waals surface area (Å²) in [5.41, 5.74) is 2.88. The van der Waals surface area contributed by atoms with Crippen molar-refractivity contribution in [3.8, 4) is 0 Å². The lowest BCUT2D eigenvalue weighted by atomic mass is 9.94. The highest BCUT2D eigenvalue weighted by Crippen LogP contribution is 2.39. The molecule has 3 aliphatic rings. The van der Waals surface area contributed by atoms with Gasteiger partial charge in [0, 0.05) is 0 Å². The zero-order valence-electron chi connectivity index (χ0n) is 50.8. The molecule has 18 heteroatoms. The fraction of sp³-hybridized carbons (Fsp3) is 0.457. The van der Waals surface area contributed by atoms with Gasteiger partial charge in [0.1, 0.15) is 86.5 Å². The normalized spacial score (nSPS) is 27.5. The number of carbonyl (C=O) groups is 2. The van der Waals surface area contributed by atoms with E-state index in [0.29, 0.717) is 0 Å². The summed E-state index contributed by atoms with van der Waals surface area (Å²) in [6, 6.07) is 56.7. The second-order valence-corrected chi connectivity index (χ2v) is 24.3. The summed E-state index contributed by atoms with van der Waals surface area (Å²) in [4.78, 5) is 27.7. The molecule has 0 bridgehead atoms. The molecule has 3 N–H and O–H groups in total. The molecule has 3 fully saturated rings. The molecule has 0 aliphatic carbocycles. The van der Waals surface area contributed by atoms with Crippen molar-refractivity contribution in [2.24, 2.45) is 10.8 Å². The minimum absolute atomic E-state index is 0.0135. The maximum atomic E-state index is 14.0. The molecular formula is C70H84O18. The number of rotatable bonds is 27. The van der Waals surface area contributed by atoms with Crippen molar-refractivity contribution in [1.82, 2.24) is 0 Å². The van der Waals surface area contributed by atoms with Crippen LogP contribution in [0, 0.1) is 10.8 Å². The van der Waals surface area contributed by atoms with E-state index in [1.807, 2.05) is 182 Å². The van der Waals surface area contributed by atoms with Crippen LogP contribution >= 0.6 is 0 Å². The van der Waals surface area contributed by atoms with Crippen molar-refractivity contribution in [1.29, 1.82) is 0 Å². The lowest BCUT2D eigenvalue weighted by Crippen LogP contribution is -2.68. The third-order valence-corrected chi connectivity index (χ3v) is 15.3. The molecule has 0 saturated carbocycles. The average molecular weight is 1210 g/mol. The lowest BCUT2D eigenvalue weighted by Gasteiger charge is -2.51. The van der Waals surface area contributed by atoms with Gasteiger partial charge < -0.3 is 76.9 Å². The summed E-state index contributed by atoms with van der Waals surface area (Å²) in [7, 11) is 0. The van der Waals surface area contributed by atoms with Gasteiger partial charge in [-0.05, 0) is 74.9 Å². The predicted molar refractivity (Wildman–Crippen MR) is 322 cm³/mol. The van der Waals surface area contributed by atoms with Gasteiger partial charge in [0.2, 0.25) is 0 Å². The van der Waals surface area contributed by atoms with Crippen molar-refractivity contribution in [3.63, 3.8) is 0 Å². The molecule has 9 rings (SSSR count). The highest BCUT2D eigenvalue weighted by Gasteiger charge is 2.57. The zero-order valence-corrected chi connectivity index (χ0v) is 50.8. The molecule has 18 nitrogen and oxygen atoms in total. The summed E-state index contributed by atoms with van der Waals surface area (Å²) in [5, 5.41) is 35.1. The van der Waals surface area contributed by atoms with Crippen LogP contribution in [0.1, 0.15) is 74.9 Å². The van der Waals surface area contributed by atoms with Crippen LogP contribution in [0.15, 0.2) is 182 Å². The molecule has 3 heterocycles. The van der Waals surface area contributed by atoms with Crippen molar-refractivity contribution >= 4 is 11.9 Å². The van der Waals surface area contributed by atoms with Crippen LogP contribution in [0.25, 0.3) is 0 Å². The molecular weight excluding hydrogens is 1130 g/mol. The standard InChI is InChI=1S/C70H84O18/c1-69(2,3)67(74)82-44-53-56(59(77-39-47-27-15-8-16-28-47)61(64(73)84-53)79-41-49-31-19-10-20-32-49)87-66-63(81-43-51-35-23-12-24-36-51)60(78-40-48-29-17-9-18-30-48)57(54(86-66)45-83-68(75)70(4,5)6)88-65-62(80-42-50-33-21-11-22-34-50)58(55(72)52(37-71)85-65)76-38-46-25-13-7-14-26-46/h7-36,52-66,71-73H,37-45H2,1-6H3/t52-,53-,54-,55-,56-,57-,58+,59+,60+,61+,62+,63+,64-,65+,66+/m1/s1. The summed E-state index contributed by atoms with van der Waals surface area (Å²) >= 11 is 0. The van der Waals surface area contributed by atoms with E-state index in [4.69, 9.17) is 61.6 Å². The summed E-state index contributed by atoms with van der Waals surface area (Å²) in [6.07, 6.45) is -19.6. The Labute approximate surface area is 515 Å². The second kappa shape index (κ2) is 31.9. The molecule has 0 amide bonds. The molecule has 472 valence electrons. The number of carbonyl (C=O) groups excluding carboxylic acids is 2. The van der Waals surface area contributed by atoms with Gasteiger partial charge in [0.15, 0.2) is 18.9 Å². The number of aliphatic hydroxyl groups is 3. The molecule has 6 aromatic carbocycles. The first-order valence-corrected chi connectivity index (χ1v) is 30.0. The Morgan fingerprint density at radius 1 is 0.364 bits per heavy atom. The minimum atomic E-state index is -1.63. The number of aliphatic hydroxyl groups excluding tert-OH is 3. The quantitative estimate of drug-likeness (QED) is 0.0410. The summed E-state index contributed by atoms with van der Waals surface area (Å²) in [6.45, 7) is 9.01. The van der Waals surface area contributed by atoms with Crippen LogP contribution in [0.5, 0.6) is 0 Å². The van der Waals surface area contributed by atoms with Gasteiger partial charge in [0.05, 0.1) is 57.1 Å². The van der Waals surface area contributed by atoms with E-state index < -0.39 is 135 Å². The van der Waals surface area contributed by atoms with Crippen LogP contribution in [0.4, 0.5) is 0 Å². The Balaban J connectivity index is 1.17. The fourth-order valence-electron chi connectivity index (χ4n) is 10.4. The van der Waals surface area contributed by atoms with E-state index >= 15 is 0 Å². The average Bonchev–Trinajstić information content (AvgIpc) is 1.16. The SMILES string of the molecule is CC(C)(C)C(=O)OC[C@H]1O[C@@H](O[C@H]2[C@H](OCc3ccccc3)[C@H](OCc3ccccc3)[C@H](O)O[C@@H]2COC(=O)C(C)(C)C)[C@@H](OCc2ccccc2)[C@@H](OCc2ccccc2)[C@@H]1O[C@@H]1O[C@H](CO)[C@@H](O)[C@H](OCc2ccccc2)[C@@H]1OCc1ccccc1. The second-order valence-electron chi connectivity index (χ2n) is 24.3. The maximum Gasteiger partial charge on any atom is 0.311 e. The van der Waals surface area contributed by atoms with Crippen LogP contribution in [-0.2, 0) is 111 Å². The Kier molecular flexibility index (Phi) is 24.0. The molecule has 0 radical (unpaired) electrons. The molecule has 6 aromatic rings. The molecule has 88 heavy (non-hydrogen) atoms. The highest BCUT2D eigenvalue weighted by atomic mass is 16.8. The highest BCUT2D eigenvalue weighted by molar-refractivity contribution is 5.75. The molecule has 3 saturated heterocycles. The van der Waals surface area contributed by atoms with Crippen molar-refractivity contribution < 1.29 is 86.5 Å². The van der Waals surface area contributed by atoms with E-state index in [1.165, 1.54) is 0 Å². The van der Waals surface area contributed by atoms with Gasteiger partial charge in [-0.25, -0.2) is 0 Å². The van der Waals surface area contributed by atoms with Gasteiger partial charge in [-0.3, -0.25) is 9.59 Å². The predicted octanol–water partition coefficient (Wildman–Crippen LogP) is 8.97. The van der Waals surface area contributed by atoms with E-state index in [-0.39, 0.29) is 39.6 Å². The van der Waals surface area contributed by atoms with Gasteiger partial charge in [-0.1, -0.05) is 182 Å². The Bertz CT molecular complexity index is 2990. The molecule has 3 aliphatic heterocycles. The van der Waals surface area contributed by atoms with E-state index in [0.717, 1.165) is 33.4 Å². The smallest absolute Gasteiger partial charge is 0.311 e. The minimum Gasteiger partial charge on any atom is -0.462 e. The third kappa shape index (κ3) is 18.4. The largest absolute Gasteiger partial charge is 0.462 e. The number of hydrogen-bond acceptors (Lipinski definition) is 18. The number of ether oxygens (including phenoxy) is 13. The van der Waals surface area contributed by atoms with E-state index in [2.05, 4.69) is 0 Å². The van der Waals surface area contributed by atoms with Crippen LogP contribution in [-0.4, -0.2) is 139 Å². The van der Waals surface area contributed by atoms with Crippen molar-refractivity contribution in [3.05, 3.63) is 215 Å². The molecule has 15 atom stereocenters. The van der Waals surface area contributed by atoms with Gasteiger partial charge >= 0.3 is 11.9 Å². The Morgan fingerprint density at radius 3 is 0.966 bits per heavy atom. The molecule has 0 unspecified atom stereocenters. The number of esters is 2. The summed E-state index contributed by atoms with van der Waals surface area (Å²) in [5.74, 6) is -1.10. The van der Waals surface area contributed by atoms with Crippen molar-refractivity contribution in [2.45, 2.75) is 173 Å². The van der Waals surface area contributed by atoms with Gasteiger partial charge in [0.25, 0.3) is 0 Å². The van der Waals surface area contributed by atoms with Crippen molar-refractivity contribution in [2.75, 3.05) is 19.8 Å². The van der Waals surface area contributed by atoms with Crippen LogP contribution in [0.3, 0.4) is 0 Å². The molecule has 0 aromatic heterocycles. The maximum absolute atomic E-state index is 14.0. The zero-order chi connectivity index (χ0) is 62.0.